The lowest BCUT2D eigenvalue weighted by Crippen LogP contribution is -2.39. The van der Waals surface area contributed by atoms with Gasteiger partial charge in [0, 0.05) is 35.5 Å². The summed E-state index contributed by atoms with van der Waals surface area (Å²) in [6.07, 6.45) is -1.03. The smallest absolute Gasteiger partial charge is 0.256 e. The van der Waals surface area contributed by atoms with E-state index in [2.05, 4.69) is 4.98 Å². The fourth-order valence-electron chi connectivity index (χ4n) is 3.87. The number of H-pyrrole nitrogens is 1. The predicted molar refractivity (Wildman–Crippen MR) is 113 cm³/mol. The molecule has 0 saturated heterocycles. The summed E-state index contributed by atoms with van der Waals surface area (Å²) in [4.78, 5) is 30.0. The molecule has 1 amide bonds. The highest BCUT2D eigenvalue weighted by molar-refractivity contribution is 6.37. The number of ether oxygens (including phenoxy) is 1. The minimum atomic E-state index is -0.838. The largest absolute Gasteiger partial charge is 0.390 e. The quantitative estimate of drug-likeness (QED) is 0.747. The number of pyridine rings is 1. The first-order chi connectivity index (χ1) is 13.6. The number of hydrogen-bond donors (Lipinski definition) is 2. The van der Waals surface area contributed by atoms with Crippen LogP contribution in [0.4, 0.5) is 0 Å². The lowest BCUT2D eigenvalue weighted by Gasteiger charge is -2.31. The van der Waals surface area contributed by atoms with E-state index in [1.165, 1.54) is 7.11 Å². The number of rotatable bonds is 5. The van der Waals surface area contributed by atoms with Crippen LogP contribution in [-0.4, -0.2) is 40.7 Å². The van der Waals surface area contributed by atoms with E-state index in [1.54, 1.807) is 17.9 Å². The van der Waals surface area contributed by atoms with Crippen LogP contribution in [0.5, 0.6) is 0 Å². The van der Waals surface area contributed by atoms with Crippen molar-refractivity contribution >= 4 is 29.1 Å². The van der Waals surface area contributed by atoms with Gasteiger partial charge in [-0.05, 0) is 50.5 Å². The van der Waals surface area contributed by atoms with E-state index in [0.29, 0.717) is 40.2 Å². The molecule has 0 saturated carbocycles. The monoisotopic (exact) mass is 438 g/mol. The van der Waals surface area contributed by atoms with Crippen molar-refractivity contribution in [3.05, 3.63) is 66.0 Å². The molecule has 0 bridgehead atoms. The maximum absolute atomic E-state index is 13.3. The molecule has 2 atom stereocenters. The Labute approximate surface area is 179 Å². The van der Waals surface area contributed by atoms with Gasteiger partial charge >= 0.3 is 0 Å². The van der Waals surface area contributed by atoms with Gasteiger partial charge in [0.05, 0.1) is 23.2 Å². The topological polar surface area (TPSA) is 82.6 Å². The van der Waals surface area contributed by atoms with Gasteiger partial charge < -0.3 is 19.7 Å². The van der Waals surface area contributed by atoms with E-state index >= 15 is 0 Å². The number of amides is 1. The number of aliphatic hydroxyl groups excluding tert-OH is 1. The minimum Gasteiger partial charge on any atom is -0.390 e. The minimum absolute atomic E-state index is 0.183. The summed E-state index contributed by atoms with van der Waals surface area (Å²) in [5.74, 6) is -0.292. The number of carbonyl (C=O) groups is 1. The van der Waals surface area contributed by atoms with Crippen LogP contribution in [0.2, 0.25) is 10.0 Å². The van der Waals surface area contributed by atoms with Gasteiger partial charge in [-0.3, -0.25) is 9.59 Å². The molecule has 1 aromatic carbocycles. The first-order valence-electron chi connectivity index (χ1n) is 9.36. The number of fused-ring (bicyclic) bond motifs is 1. The van der Waals surface area contributed by atoms with Gasteiger partial charge in [-0.1, -0.05) is 23.2 Å². The molecule has 6 nitrogen and oxygen atoms in total. The van der Waals surface area contributed by atoms with Crippen molar-refractivity contribution < 1.29 is 14.6 Å². The summed E-state index contributed by atoms with van der Waals surface area (Å²) in [5, 5.41) is 10.7. The van der Waals surface area contributed by atoms with Crippen molar-refractivity contribution in [2.45, 2.75) is 45.9 Å². The molecule has 29 heavy (non-hydrogen) atoms. The van der Waals surface area contributed by atoms with Gasteiger partial charge in [-0.25, -0.2) is 0 Å². The molecule has 0 radical (unpaired) electrons. The second kappa shape index (κ2) is 8.48. The summed E-state index contributed by atoms with van der Waals surface area (Å²) in [6, 6.07) is 3.54. The first kappa shape index (κ1) is 21.8. The number of carbonyl (C=O) groups excluding carboxylic acids is 1. The van der Waals surface area contributed by atoms with E-state index in [4.69, 9.17) is 27.9 Å². The SMILES string of the molecule is COC(c1cc(Cl)c2c(c1Cl)C(=O)N(Cc1c(C)cc(C)[nH]c1=O)CC2)C(C)O. The van der Waals surface area contributed by atoms with Gasteiger partial charge in [0.2, 0.25) is 0 Å². The second-order valence-electron chi connectivity index (χ2n) is 7.43. The molecule has 0 spiro atoms. The van der Waals surface area contributed by atoms with Crippen LogP contribution in [-0.2, 0) is 17.7 Å². The molecule has 2 heterocycles. The standard InChI is InChI=1S/C21H24Cl2N2O4/c1-10-7-11(2)24-20(27)15(10)9-25-6-5-13-16(22)8-14(19(29-4)12(3)26)18(23)17(13)21(25)28/h7-8,12,19,26H,5-6,9H2,1-4H3,(H,24,27). The van der Waals surface area contributed by atoms with Gasteiger partial charge in [-0.2, -0.15) is 0 Å². The molecule has 8 heteroatoms. The molecule has 156 valence electrons. The van der Waals surface area contributed by atoms with E-state index in [0.717, 1.165) is 11.3 Å². The maximum Gasteiger partial charge on any atom is 0.256 e. The Kier molecular flexibility index (Phi) is 6.39. The molecule has 0 fully saturated rings. The zero-order chi connectivity index (χ0) is 21.5. The number of benzene rings is 1. The normalized spacial score (nSPS) is 16.0. The summed E-state index contributed by atoms with van der Waals surface area (Å²) < 4.78 is 5.36. The summed E-state index contributed by atoms with van der Waals surface area (Å²) in [7, 11) is 1.46. The molecule has 2 aromatic rings. The first-order valence-corrected chi connectivity index (χ1v) is 10.1. The van der Waals surface area contributed by atoms with Crippen LogP contribution in [0.3, 0.4) is 0 Å². The van der Waals surface area contributed by atoms with Crippen molar-refractivity contribution in [3.8, 4) is 0 Å². The van der Waals surface area contributed by atoms with Crippen LogP contribution in [0.25, 0.3) is 0 Å². The molecule has 1 aliphatic heterocycles. The van der Waals surface area contributed by atoms with E-state index in [9.17, 15) is 14.7 Å². The molecule has 2 N–H and O–H groups in total. The van der Waals surface area contributed by atoms with Gasteiger partial charge in [-0.15, -0.1) is 0 Å². The Balaban J connectivity index is 2.03. The summed E-state index contributed by atoms with van der Waals surface area (Å²) in [6.45, 7) is 5.87. The molecule has 0 aliphatic carbocycles. The molecular weight excluding hydrogens is 415 g/mol. The van der Waals surface area contributed by atoms with Crippen LogP contribution in [0.1, 0.15) is 51.3 Å². The molecule has 1 aromatic heterocycles. The second-order valence-corrected chi connectivity index (χ2v) is 8.22. The number of nitrogens with one attached hydrogen (secondary N) is 1. The summed E-state index contributed by atoms with van der Waals surface area (Å²) >= 11 is 13.0. The maximum atomic E-state index is 13.3. The zero-order valence-corrected chi connectivity index (χ0v) is 18.3. The molecule has 2 unspecified atom stereocenters. The Bertz CT molecular complexity index is 1020. The molecule has 1 aliphatic rings. The number of hydrogen-bond acceptors (Lipinski definition) is 4. The average Bonchev–Trinajstić information content (AvgIpc) is 2.63. The third-order valence-electron chi connectivity index (χ3n) is 5.32. The Morgan fingerprint density at radius 1 is 1.28 bits per heavy atom. The van der Waals surface area contributed by atoms with Crippen molar-refractivity contribution in [1.82, 2.24) is 9.88 Å². The van der Waals surface area contributed by atoms with Crippen LogP contribution in [0.15, 0.2) is 16.9 Å². The van der Waals surface area contributed by atoms with Crippen molar-refractivity contribution in [1.29, 1.82) is 0 Å². The van der Waals surface area contributed by atoms with Crippen LogP contribution in [0, 0.1) is 13.8 Å². The number of methoxy groups -OCH3 is 1. The average molecular weight is 439 g/mol. The van der Waals surface area contributed by atoms with E-state index in [1.807, 2.05) is 19.9 Å². The highest BCUT2D eigenvalue weighted by Gasteiger charge is 2.33. The van der Waals surface area contributed by atoms with E-state index < -0.39 is 12.2 Å². The molecule has 3 rings (SSSR count). The third-order valence-corrected chi connectivity index (χ3v) is 6.06. The number of aryl methyl sites for hydroxylation is 2. The van der Waals surface area contributed by atoms with Gasteiger partial charge in [0.1, 0.15) is 6.10 Å². The van der Waals surface area contributed by atoms with Crippen molar-refractivity contribution in [3.63, 3.8) is 0 Å². The predicted octanol–water partition coefficient (Wildman–Crippen LogP) is 3.57. The Morgan fingerprint density at radius 2 is 1.97 bits per heavy atom. The van der Waals surface area contributed by atoms with Gasteiger partial charge in [0.15, 0.2) is 0 Å². The Hall–Kier alpha value is -1.86. The van der Waals surface area contributed by atoms with Crippen molar-refractivity contribution in [2.75, 3.05) is 13.7 Å². The fraction of sp³-hybridized carbons (Fsp3) is 0.429. The fourth-order valence-corrected chi connectivity index (χ4v) is 4.53. The van der Waals surface area contributed by atoms with Crippen LogP contribution < -0.4 is 5.56 Å². The summed E-state index contributed by atoms with van der Waals surface area (Å²) in [5.41, 5.74) is 3.40. The number of aliphatic hydroxyl groups is 1. The lowest BCUT2D eigenvalue weighted by atomic mass is 9.93. The number of halogens is 2. The molecular formula is C21H24Cl2N2O4. The lowest BCUT2D eigenvalue weighted by molar-refractivity contribution is -0.00349. The number of nitrogens with zero attached hydrogens (tertiary/aromatic N) is 1. The number of aromatic nitrogens is 1. The number of aromatic amines is 1. The van der Waals surface area contributed by atoms with E-state index in [-0.39, 0.29) is 23.0 Å². The van der Waals surface area contributed by atoms with Crippen molar-refractivity contribution in [2.24, 2.45) is 0 Å². The Morgan fingerprint density at radius 3 is 2.55 bits per heavy atom. The van der Waals surface area contributed by atoms with Crippen LogP contribution >= 0.6 is 23.2 Å². The zero-order valence-electron chi connectivity index (χ0n) is 16.8. The third kappa shape index (κ3) is 4.08. The van der Waals surface area contributed by atoms with Gasteiger partial charge in [0.25, 0.3) is 11.5 Å². The highest BCUT2D eigenvalue weighted by atomic mass is 35.5. The highest BCUT2D eigenvalue weighted by Crippen LogP contribution is 2.39.